The van der Waals surface area contributed by atoms with Crippen LogP contribution in [0.2, 0.25) is 0 Å². The number of aliphatic hydroxyl groups excluding tert-OH is 1. The Balaban J connectivity index is 3.42. The summed E-state index contributed by atoms with van der Waals surface area (Å²) in [5.74, 6) is -0.935. The fraction of sp³-hybridized carbons (Fsp3) is 0.714. The van der Waals surface area contributed by atoms with Gasteiger partial charge in [0.1, 0.15) is 6.61 Å². The molecular weight excluding hydrogens is 280 g/mol. The van der Waals surface area contributed by atoms with Crippen LogP contribution in [-0.2, 0) is 28.5 Å². The quantitative estimate of drug-likeness (QED) is 0.324. The summed E-state index contributed by atoms with van der Waals surface area (Å²) < 4.78 is 19.8. The Morgan fingerprint density at radius 2 is 1.48 bits per heavy atom. The van der Waals surface area contributed by atoms with Crippen LogP contribution in [0, 0.1) is 0 Å². The van der Waals surface area contributed by atoms with Gasteiger partial charge in [-0.05, 0) is 19.4 Å². The van der Waals surface area contributed by atoms with Crippen molar-refractivity contribution in [2.75, 3.05) is 39.6 Å². The highest BCUT2D eigenvalue weighted by atomic mass is 16.6. The molecule has 0 fully saturated rings. The maximum Gasteiger partial charge on any atom is 0.311 e. The van der Waals surface area contributed by atoms with E-state index in [1.165, 1.54) is 6.26 Å². The van der Waals surface area contributed by atoms with Crippen molar-refractivity contribution in [2.24, 2.45) is 0 Å². The minimum atomic E-state index is -0.468. The molecule has 0 saturated heterocycles. The molecule has 21 heavy (non-hydrogen) atoms. The van der Waals surface area contributed by atoms with Gasteiger partial charge in [0.15, 0.2) is 0 Å². The molecule has 0 heterocycles. The van der Waals surface area contributed by atoms with Crippen LogP contribution in [-0.4, -0.2) is 56.7 Å². The summed E-state index contributed by atoms with van der Waals surface area (Å²) in [5.41, 5.74) is 0.867. The molecule has 0 radical (unpaired) electrons. The molecule has 0 aromatic rings. The predicted octanol–water partition coefficient (Wildman–Crippen LogP) is 0.802. The lowest BCUT2D eigenvalue weighted by Crippen LogP contribution is -2.14. The van der Waals surface area contributed by atoms with E-state index in [2.05, 4.69) is 0 Å². The van der Waals surface area contributed by atoms with Crippen molar-refractivity contribution in [3.05, 3.63) is 11.8 Å². The summed E-state index contributed by atoms with van der Waals surface area (Å²) >= 11 is 0. The van der Waals surface area contributed by atoms with Crippen LogP contribution in [0.3, 0.4) is 0 Å². The van der Waals surface area contributed by atoms with Crippen molar-refractivity contribution < 1.29 is 33.6 Å². The van der Waals surface area contributed by atoms with Crippen molar-refractivity contribution in [3.8, 4) is 0 Å². The molecular formula is C14H24O7. The number of carbonyl (C=O) groups excluding carboxylic acids is 2. The SMILES string of the molecule is CC(C)=COC(=O)CCC(=O)OCCOCCOCCO. The summed E-state index contributed by atoms with van der Waals surface area (Å²) in [7, 11) is 0. The number of ether oxygens (including phenoxy) is 4. The summed E-state index contributed by atoms with van der Waals surface area (Å²) in [6.45, 7) is 5.00. The average molecular weight is 304 g/mol. The molecule has 7 nitrogen and oxygen atoms in total. The Hall–Kier alpha value is -1.44. The molecule has 0 atom stereocenters. The van der Waals surface area contributed by atoms with Crippen LogP contribution in [0.1, 0.15) is 26.7 Å². The van der Waals surface area contributed by atoms with Gasteiger partial charge in [-0.1, -0.05) is 0 Å². The molecule has 0 spiro atoms. The first-order valence-corrected chi connectivity index (χ1v) is 6.81. The van der Waals surface area contributed by atoms with E-state index in [0.717, 1.165) is 5.57 Å². The van der Waals surface area contributed by atoms with Gasteiger partial charge in [-0.25, -0.2) is 0 Å². The first-order valence-electron chi connectivity index (χ1n) is 6.81. The normalized spacial score (nSPS) is 10.0. The third-order valence-corrected chi connectivity index (χ3v) is 2.06. The van der Waals surface area contributed by atoms with E-state index in [-0.39, 0.29) is 39.3 Å². The van der Waals surface area contributed by atoms with Crippen LogP contribution in [0.5, 0.6) is 0 Å². The zero-order valence-electron chi connectivity index (χ0n) is 12.6. The summed E-state index contributed by atoms with van der Waals surface area (Å²) in [6.07, 6.45) is 1.31. The van der Waals surface area contributed by atoms with Crippen molar-refractivity contribution in [2.45, 2.75) is 26.7 Å². The Kier molecular flexibility index (Phi) is 12.6. The number of esters is 2. The molecule has 0 saturated carbocycles. The van der Waals surface area contributed by atoms with Gasteiger partial charge < -0.3 is 24.1 Å². The van der Waals surface area contributed by atoms with E-state index in [0.29, 0.717) is 13.2 Å². The van der Waals surface area contributed by atoms with E-state index in [1.54, 1.807) is 13.8 Å². The molecule has 1 N–H and O–H groups in total. The van der Waals surface area contributed by atoms with E-state index in [9.17, 15) is 9.59 Å². The summed E-state index contributed by atoms with van der Waals surface area (Å²) in [4.78, 5) is 22.5. The minimum absolute atomic E-state index is 0.0154. The van der Waals surface area contributed by atoms with Crippen LogP contribution >= 0.6 is 0 Å². The lowest BCUT2D eigenvalue weighted by molar-refractivity contribution is -0.149. The van der Waals surface area contributed by atoms with Crippen molar-refractivity contribution >= 4 is 11.9 Å². The van der Waals surface area contributed by atoms with Crippen LogP contribution in [0.25, 0.3) is 0 Å². The highest BCUT2D eigenvalue weighted by molar-refractivity contribution is 5.77. The van der Waals surface area contributed by atoms with Crippen molar-refractivity contribution in [3.63, 3.8) is 0 Å². The van der Waals surface area contributed by atoms with Gasteiger partial charge in [0.05, 0.1) is 52.1 Å². The highest BCUT2D eigenvalue weighted by Gasteiger charge is 2.08. The molecule has 0 amide bonds. The maximum absolute atomic E-state index is 11.3. The third-order valence-electron chi connectivity index (χ3n) is 2.06. The topological polar surface area (TPSA) is 91.3 Å². The molecule has 0 aromatic heterocycles. The first-order chi connectivity index (χ1) is 10.1. The maximum atomic E-state index is 11.3. The fourth-order valence-electron chi connectivity index (χ4n) is 1.12. The Labute approximate surface area is 124 Å². The number of hydrogen-bond donors (Lipinski definition) is 1. The Bertz CT molecular complexity index is 321. The van der Waals surface area contributed by atoms with E-state index in [1.807, 2.05) is 0 Å². The van der Waals surface area contributed by atoms with Crippen LogP contribution < -0.4 is 0 Å². The molecule has 0 aliphatic carbocycles. The van der Waals surface area contributed by atoms with E-state index < -0.39 is 11.9 Å². The summed E-state index contributed by atoms with van der Waals surface area (Å²) in [6, 6.07) is 0. The summed E-state index contributed by atoms with van der Waals surface area (Å²) in [5, 5.41) is 8.46. The first kappa shape index (κ1) is 19.6. The molecule has 7 heteroatoms. The fourth-order valence-corrected chi connectivity index (χ4v) is 1.12. The van der Waals surface area contributed by atoms with Crippen LogP contribution in [0.15, 0.2) is 11.8 Å². The largest absolute Gasteiger partial charge is 0.463 e. The van der Waals surface area contributed by atoms with Crippen molar-refractivity contribution in [1.29, 1.82) is 0 Å². The standard InChI is InChI=1S/C14H24O7/c1-12(2)11-21-14(17)4-3-13(16)20-10-9-19-8-7-18-6-5-15/h11,15H,3-10H2,1-2H3. The number of allylic oxidation sites excluding steroid dienone is 1. The zero-order valence-corrected chi connectivity index (χ0v) is 12.6. The Morgan fingerprint density at radius 3 is 2.10 bits per heavy atom. The smallest absolute Gasteiger partial charge is 0.311 e. The van der Waals surface area contributed by atoms with Gasteiger partial charge in [-0.3, -0.25) is 9.59 Å². The van der Waals surface area contributed by atoms with Gasteiger partial charge in [0.2, 0.25) is 0 Å². The second-order valence-electron chi connectivity index (χ2n) is 4.35. The van der Waals surface area contributed by atoms with Gasteiger partial charge in [-0.2, -0.15) is 0 Å². The van der Waals surface area contributed by atoms with Gasteiger partial charge in [0, 0.05) is 0 Å². The average Bonchev–Trinajstić information content (AvgIpc) is 2.45. The second-order valence-corrected chi connectivity index (χ2v) is 4.35. The van der Waals surface area contributed by atoms with E-state index in [4.69, 9.17) is 24.1 Å². The monoisotopic (exact) mass is 304 g/mol. The number of aliphatic hydroxyl groups is 1. The number of hydrogen-bond acceptors (Lipinski definition) is 7. The molecule has 0 aliphatic heterocycles. The second kappa shape index (κ2) is 13.5. The molecule has 0 aromatic carbocycles. The predicted molar refractivity (Wildman–Crippen MR) is 74.4 cm³/mol. The number of rotatable bonds is 12. The van der Waals surface area contributed by atoms with Crippen molar-refractivity contribution in [1.82, 2.24) is 0 Å². The number of carbonyl (C=O) groups is 2. The lowest BCUT2D eigenvalue weighted by Gasteiger charge is -2.06. The van der Waals surface area contributed by atoms with Gasteiger partial charge >= 0.3 is 11.9 Å². The molecule has 122 valence electrons. The minimum Gasteiger partial charge on any atom is -0.463 e. The van der Waals surface area contributed by atoms with Gasteiger partial charge in [-0.15, -0.1) is 0 Å². The van der Waals surface area contributed by atoms with Crippen LogP contribution in [0.4, 0.5) is 0 Å². The molecule has 0 bridgehead atoms. The Morgan fingerprint density at radius 1 is 0.905 bits per heavy atom. The zero-order chi connectivity index (χ0) is 15.9. The van der Waals surface area contributed by atoms with E-state index >= 15 is 0 Å². The molecule has 0 aliphatic rings. The third kappa shape index (κ3) is 14.8. The van der Waals surface area contributed by atoms with Gasteiger partial charge in [0.25, 0.3) is 0 Å². The highest BCUT2D eigenvalue weighted by Crippen LogP contribution is 1.98. The molecule has 0 rings (SSSR count). The molecule has 0 unspecified atom stereocenters. The lowest BCUT2D eigenvalue weighted by atomic mass is 10.3.